The summed E-state index contributed by atoms with van der Waals surface area (Å²) >= 11 is 0. The van der Waals surface area contributed by atoms with Gasteiger partial charge in [0.1, 0.15) is 0 Å². The fraction of sp³-hybridized carbons (Fsp3) is 0.393. The van der Waals surface area contributed by atoms with Crippen LogP contribution in [-0.4, -0.2) is 30.5 Å². The molecule has 4 atom stereocenters. The summed E-state index contributed by atoms with van der Waals surface area (Å²) in [7, 11) is -3.62. The van der Waals surface area contributed by atoms with E-state index >= 15 is 0 Å². The number of carbonyl (C=O) groups is 1. The fourth-order valence-corrected chi connectivity index (χ4v) is 7.32. The van der Waals surface area contributed by atoms with Gasteiger partial charge in [-0.3, -0.25) is 4.79 Å². The minimum Gasteiger partial charge on any atom is -0.481 e. The Morgan fingerprint density at radius 3 is 2.60 bits per heavy atom. The van der Waals surface area contributed by atoms with E-state index < -0.39 is 16.0 Å². The number of nitrogens with one attached hydrogen (secondary N) is 2. The third-order valence-electron chi connectivity index (χ3n) is 7.72. The number of fused-ring (bicyclic) bond motifs is 3. The average molecular weight is 493 g/mol. The number of allylic oxidation sites excluding steroid dienone is 2. The van der Waals surface area contributed by atoms with Gasteiger partial charge in [0, 0.05) is 29.1 Å². The number of hydrogen-bond acceptors (Lipinski definition) is 3. The van der Waals surface area contributed by atoms with Gasteiger partial charge in [0.15, 0.2) is 0 Å². The number of aromatic amines is 1. The summed E-state index contributed by atoms with van der Waals surface area (Å²) in [5, 5.41) is 9.89. The number of benzene rings is 2. The molecule has 2 bridgehead atoms. The second-order valence-corrected chi connectivity index (χ2v) is 11.6. The first-order chi connectivity index (χ1) is 16.9. The van der Waals surface area contributed by atoms with Crippen molar-refractivity contribution in [2.75, 3.05) is 0 Å². The predicted molar refractivity (Wildman–Crippen MR) is 137 cm³/mol. The molecule has 0 aliphatic heterocycles. The highest BCUT2D eigenvalue weighted by atomic mass is 32.2. The van der Waals surface area contributed by atoms with Gasteiger partial charge in [-0.1, -0.05) is 42.5 Å². The Morgan fingerprint density at radius 1 is 1.06 bits per heavy atom. The number of carboxylic acids is 1. The largest absolute Gasteiger partial charge is 0.481 e. The maximum absolute atomic E-state index is 13.3. The van der Waals surface area contributed by atoms with Gasteiger partial charge in [-0.25, -0.2) is 13.1 Å². The first kappa shape index (κ1) is 23.8. The van der Waals surface area contributed by atoms with E-state index in [9.17, 15) is 13.2 Å². The summed E-state index contributed by atoms with van der Waals surface area (Å²) in [6, 6.07) is 17.2. The molecule has 2 fully saturated rings. The molecule has 2 aliphatic rings. The van der Waals surface area contributed by atoms with Crippen LogP contribution in [0.25, 0.3) is 22.2 Å². The Kier molecular flexibility index (Phi) is 6.80. The monoisotopic (exact) mass is 492 g/mol. The van der Waals surface area contributed by atoms with Crippen LogP contribution in [0.5, 0.6) is 0 Å². The molecule has 184 valence electrons. The summed E-state index contributed by atoms with van der Waals surface area (Å²) in [5.74, 6) is 0.478. The average Bonchev–Trinajstić information content (AvgIpc) is 3.56. The molecule has 6 nitrogen and oxygen atoms in total. The van der Waals surface area contributed by atoms with E-state index in [0.717, 1.165) is 47.8 Å². The van der Waals surface area contributed by atoms with Gasteiger partial charge in [-0.15, -0.1) is 0 Å². The number of rotatable bonds is 10. The number of H-pyrrole nitrogens is 1. The highest BCUT2D eigenvalue weighted by molar-refractivity contribution is 7.89. The zero-order valence-electron chi connectivity index (χ0n) is 19.7. The molecule has 0 unspecified atom stereocenters. The maximum atomic E-state index is 13.3. The van der Waals surface area contributed by atoms with Crippen LogP contribution < -0.4 is 4.72 Å². The smallest absolute Gasteiger partial charge is 0.303 e. The van der Waals surface area contributed by atoms with Crippen LogP contribution in [0.1, 0.15) is 44.9 Å². The molecule has 5 rings (SSSR count). The second-order valence-electron chi connectivity index (χ2n) is 9.93. The number of carboxylic acid groups (broad SMARTS) is 1. The van der Waals surface area contributed by atoms with Crippen molar-refractivity contribution < 1.29 is 18.3 Å². The van der Waals surface area contributed by atoms with Crippen LogP contribution in [0.4, 0.5) is 0 Å². The van der Waals surface area contributed by atoms with Gasteiger partial charge in [0.05, 0.1) is 4.90 Å². The summed E-state index contributed by atoms with van der Waals surface area (Å²) in [5.41, 5.74) is 2.97. The first-order valence-electron chi connectivity index (χ1n) is 12.5. The van der Waals surface area contributed by atoms with Gasteiger partial charge in [-0.05, 0) is 86.1 Å². The van der Waals surface area contributed by atoms with E-state index in [2.05, 4.69) is 27.9 Å². The number of sulfonamides is 1. The van der Waals surface area contributed by atoms with Crippen molar-refractivity contribution in [1.82, 2.24) is 9.71 Å². The summed E-state index contributed by atoms with van der Waals surface area (Å²) in [4.78, 5) is 14.3. The van der Waals surface area contributed by atoms with E-state index in [-0.39, 0.29) is 12.5 Å². The number of unbranched alkanes of at least 4 members (excludes halogenated alkanes) is 1. The van der Waals surface area contributed by atoms with Crippen molar-refractivity contribution in [2.45, 2.75) is 55.9 Å². The Morgan fingerprint density at radius 2 is 1.83 bits per heavy atom. The number of aromatic nitrogens is 1. The number of para-hydroxylation sites is 1. The molecule has 0 spiro atoms. The lowest BCUT2D eigenvalue weighted by atomic mass is 9.83. The lowest BCUT2D eigenvalue weighted by Crippen LogP contribution is -2.43. The zero-order chi connectivity index (χ0) is 24.4. The van der Waals surface area contributed by atoms with Crippen LogP contribution in [0.15, 0.2) is 71.6 Å². The molecule has 2 aliphatic carbocycles. The highest BCUT2D eigenvalue weighted by Crippen LogP contribution is 2.50. The quantitative estimate of drug-likeness (QED) is 0.249. The number of hydrogen-bond donors (Lipinski definition) is 3. The molecular weight excluding hydrogens is 460 g/mol. The van der Waals surface area contributed by atoms with Crippen LogP contribution >= 0.6 is 0 Å². The van der Waals surface area contributed by atoms with Gasteiger partial charge >= 0.3 is 5.97 Å². The molecule has 2 aromatic carbocycles. The normalized spacial score (nSPS) is 24.0. The van der Waals surface area contributed by atoms with Crippen molar-refractivity contribution in [2.24, 2.45) is 17.8 Å². The van der Waals surface area contributed by atoms with Crippen LogP contribution in [0, 0.1) is 17.8 Å². The summed E-state index contributed by atoms with van der Waals surface area (Å²) < 4.78 is 29.6. The highest BCUT2D eigenvalue weighted by Gasteiger charge is 2.48. The molecule has 0 saturated heterocycles. The molecule has 3 N–H and O–H groups in total. The van der Waals surface area contributed by atoms with Gasteiger partial charge in [0.25, 0.3) is 0 Å². The third kappa shape index (κ3) is 5.21. The molecule has 2 saturated carbocycles. The van der Waals surface area contributed by atoms with Crippen molar-refractivity contribution in [3.05, 3.63) is 66.7 Å². The lowest BCUT2D eigenvalue weighted by molar-refractivity contribution is -0.137. The second kappa shape index (κ2) is 9.99. The molecule has 7 heteroatoms. The SMILES string of the molecule is O=C(O)CCC/C=C\C[C@@H]1[C@H]2CC[C@H](C2)[C@H]1NS(=O)(=O)c1ccc(-c2cc3ccccc3[nH]2)cc1. The molecule has 0 amide bonds. The summed E-state index contributed by atoms with van der Waals surface area (Å²) in [6.45, 7) is 0. The van der Waals surface area contributed by atoms with Crippen molar-refractivity contribution in [3.8, 4) is 11.3 Å². The van der Waals surface area contributed by atoms with Crippen molar-refractivity contribution in [1.29, 1.82) is 0 Å². The van der Waals surface area contributed by atoms with E-state index in [1.807, 2.05) is 36.4 Å². The topological polar surface area (TPSA) is 99.3 Å². The van der Waals surface area contributed by atoms with Crippen LogP contribution in [0.2, 0.25) is 0 Å². The Labute approximate surface area is 206 Å². The van der Waals surface area contributed by atoms with E-state index in [0.29, 0.717) is 29.1 Å². The zero-order valence-corrected chi connectivity index (χ0v) is 20.5. The molecular formula is C28H32N2O4S. The van der Waals surface area contributed by atoms with Crippen molar-refractivity contribution in [3.63, 3.8) is 0 Å². The van der Waals surface area contributed by atoms with Crippen LogP contribution in [-0.2, 0) is 14.8 Å². The minimum atomic E-state index is -3.62. The van der Waals surface area contributed by atoms with Gasteiger partial charge in [0.2, 0.25) is 10.0 Å². The Hall–Kier alpha value is -2.90. The molecule has 35 heavy (non-hydrogen) atoms. The standard InChI is InChI=1S/C28H32N2O4S/c31-27(32)10-4-2-1-3-8-24-20-11-12-22(17-20)28(24)30-35(33,34)23-15-13-19(14-16-23)26-18-21-7-5-6-9-25(21)29-26/h1,3,5-7,9,13-16,18,20,22,24,28-30H,2,4,8,10-12,17H2,(H,31,32)/b3-1-/t20-,22+,24+,28+/m0/s1. The van der Waals surface area contributed by atoms with E-state index in [1.165, 1.54) is 6.42 Å². The molecule has 0 radical (unpaired) electrons. The molecule has 3 aromatic rings. The van der Waals surface area contributed by atoms with Gasteiger partial charge < -0.3 is 10.1 Å². The minimum absolute atomic E-state index is 0.0456. The van der Waals surface area contributed by atoms with Gasteiger partial charge in [-0.2, -0.15) is 0 Å². The van der Waals surface area contributed by atoms with Crippen LogP contribution in [0.3, 0.4) is 0 Å². The Balaban J connectivity index is 1.25. The Bertz CT molecular complexity index is 1290. The fourth-order valence-electron chi connectivity index (χ4n) is 5.97. The lowest BCUT2D eigenvalue weighted by Gasteiger charge is -2.31. The third-order valence-corrected chi connectivity index (χ3v) is 9.20. The van der Waals surface area contributed by atoms with E-state index in [4.69, 9.17) is 5.11 Å². The molecule has 1 heterocycles. The number of aliphatic carboxylic acids is 1. The first-order valence-corrected chi connectivity index (χ1v) is 14.0. The van der Waals surface area contributed by atoms with E-state index in [1.54, 1.807) is 12.1 Å². The molecule has 1 aromatic heterocycles. The van der Waals surface area contributed by atoms with Crippen molar-refractivity contribution >= 4 is 26.9 Å². The maximum Gasteiger partial charge on any atom is 0.303 e. The summed E-state index contributed by atoms with van der Waals surface area (Å²) in [6.07, 6.45) is 9.88. The predicted octanol–water partition coefficient (Wildman–Crippen LogP) is 5.73.